The Morgan fingerprint density at radius 3 is 2.91 bits per heavy atom. The third-order valence-electron chi connectivity index (χ3n) is 4.42. The largest absolute Gasteiger partial charge is 0.340 e. The molecular formula is C17H19N5O. The molecule has 1 amide bonds. The molecule has 0 radical (unpaired) electrons. The van der Waals surface area contributed by atoms with E-state index in [0.717, 1.165) is 42.7 Å². The number of nitrogens with one attached hydrogen (secondary N) is 1. The summed E-state index contributed by atoms with van der Waals surface area (Å²) in [4.78, 5) is 22.8. The molecule has 0 bridgehead atoms. The molecular weight excluding hydrogens is 290 g/mol. The first kappa shape index (κ1) is 14.0. The number of nitrogens with zero attached hydrogens (tertiary/aromatic N) is 4. The van der Waals surface area contributed by atoms with Crippen molar-refractivity contribution in [3.8, 4) is 0 Å². The quantitative estimate of drug-likeness (QED) is 0.791. The molecule has 3 aromatic rings. The Kier molecular flexibility index (Phi) is 3.37. The van der Waals surface area contributed by atoms with Crippen LogP contribution >= 0.6 is 0 Å². The molecule has 1 aliphatic rings. The fourth-order valence-corrected chi connectivity index (χ4v) is 3.27. The van der Waals surface area contributed by atoms with E-state index in [1.807, 2.05) is 36.2 Å². The smallest absolute Gasteiger partial charge is 0.274 e. The zero-order valence-corrected chi connectivity index (χ0v) is 13.1. The molecule has 4 rings (SSSR count). The molecule has 118 valence electrons. The number of carbonyl (C=O) groups is 1. The number of H-pyrrole nitrogens is 1. The molecule has 1 fully saturated rings. The Hall–Kier alpha value is -2.63. The Labute approximate surface area is 134 Å². The number of aryl methyl sites for hydroxylation is 1. The summed E-state index contributed by atoms with van der Waals surface area (Å²) in [5.41, 5.74) is 2.45. The molecule has 1 N–H and O–H groups in total. The number of rotatable bonds is 2. The SMILES string of the molecule is Cn1ccc(C(=O)N2CCCC[C@H]2c2nc3ccccc3[nH]2)n1. The molecule has 1 saturated heterocycles. The van der Waals surface area contributed by atoms with E-state index in [1.54, 1.807) is 16.9 Å². The second-order valence-electron chi connectivity index (χ2n) is 6.02. The van der Waals surface area contributed by atoms with Crippen molar-refractivity contribution in [1.29, 1.82) is 0 Å². The van der Waals surface area contributed by atoms with E-state index in [9.17, 15) is 4.79 Å². The van der Waals surface area contributed by atoms with E-state index in [2.05, 4.69) is 10.1 Å². The lowest BCUT2D eigenvalue weighted by atomic mass is 10.0. The second kappa shape index (κ2) is 5.53. The summed E-state index contributed by atoms with van der Waals surface area (Å²) in [6.45, 7) is 0.747. The highest BCUT2D eigenvalue weighted by molar-refractivity contribution is 5.92. The van der Waals surface area contributed by atoms with Crippen LogP contribution in [0.5, 0.6) is 0 Å². The van der Waals surface area contributed by atoms with Crippen molar-refractivity contribution in [1.82, 2.24) is 24.6 Å². The van der Waals surface area contributed by atoms with E-state index in [1.165, 1.54) is 0 Å². The van der Waals surface area contributed by atoms with Crippen molar-refractivity contribution in [3.05, 3.63) is 48.0 Å². The van der Waals surface area contributed by atoms with Gasteiger partial charge in [-0.05, 0) is 37.5 Å². The summed E-state index contributed by atoms with van der Waals surface area (Å²) in [7, 11) is 1.82. The molecule has 2 aromatic heterocycles. The number of hydrogen-bond acceptors (Lipinski definition) is 3. The zero-order chi connectivity index (χ0) is 15.8. The zero-order valence-electron chi connectivity index (χ0n) is 13.1. The van der Waals surface area contributed by atoms with Gasteiger partial charge < -0.3 is 9.88 Å². The number of piperidine rings is 1. The first-order chi connectivity index (χ1) is 11.2. The van der Waals surface area contributed by atoms with Crippen LogP contribution in [0.3, 0.4) is 0 Å². The first-order valence-corrected chi connectivity index (χ1v) is 7.97. The maximum atomic E-state index is 12.8. The fraction of sp³-hybridized carbons (Fsp3) is 0.353. The number of likely N-dealkylation sites (tertiary alicyclic amines) is 1. The van der Waals surface area contributed by atoms with Crippen molar-refractivity contribution < 1.29 is 4.79 Å². The Bertz CT molecular complexity index is 816. The van der Waals surface area contributed by atoms with Crippen molar-refractivity contribution in [2.45, 2.75) is 25.3 Å². The van der Waals surface area contributed by atoms with Crippen molar-refractivity contribution >= 4 is 16.9 Å². The van der Waals surface area contributed by atoms with E-state index in [-0.39, 0.29) is 11.9 Å². The minimum atomic E-state index is -0.0178. The van der Waals surface area contributed by atoms with Crippen LogP contribution < -0.4 is 0 Å². The van der Waals surface area contributed by atoms with Gasteiger partial charge >= 0.3 is 0 Å². The lowest BCUT2D eigenvalue weighted by molar-refractivity contribution is 0.0594. The van der Waals surface area contributed by atoms with Crippen LogP contribution in [0.15, 0.2) is 36.5 Å². The maximum absolute atomic E-state index is 12.8. The fourth-order valence-electron chi connectivity index (χ4n) is 3.27. The Morgan fingerprint density at radius 2 is 2.13 bits per heavy atom. The summed E-state index contributed by atoms with van der Waals surface area (Å²) < 4.78 is 1.66. The molecule has 23 heavy (non-hydrogen) atoms. The van der Waals surface area contributed by atoms with Crippen LogP contribution in [0, 0.1) is 0 Å². The average molecular weight is 309 g/mol. The molecule has 0 unspecified atom stereocenters. The Balaban J connectivity index is 1.68. The molecule has 0 saturated carbocycles. The van der Waals surface area contributed by atoms with Gasteiger partial charge in [-0.2, -0.15) is 5.10 Å². The number of carbonyl (C=O) groups excluding carboxylic acids is 1. The third-order valence-corrected chi connectivity index (χ3v) is 4.42. The molecule has 1 aliphatic heterocycles. The summed E-state index contributed by atoms with van der Waals surface area (Å²) in [5.74, 6) is 0.853. The van der Waals surface area contributed by atoms with Gasteiger partial charge in [0.05, 0.1) is 17.1 Å². The topological polar surface area (TPSA) is 66.8 Å². The van der Waals surface area contributed by atoms with Gasteiger partial charge in [0.25, 0.3) is 5.91 Å². The van der Waals surface area contributed by atoms with Gasteiger partial charge in [-0.3, -0.25) is 9.48 Å². The van der Waals surface area contributed by atoms with Crippen LogP contribution in [0.2, 0.25) is 0 Å². The summed E-state index contributed by atoms with van der Waals surface area (Å²) in [6.07, 6.45) is 4.86. The van der Waals surface area contributed by atoms with Gasteiger partial charge in [0.1, 0.15) is 11.5 Å². The summed E-state index contributed by atoms with van der Waals surface area (Å²) >= 11 is 0. The molecule has 0 aliphatic carbocycles. The number of para-hydroxylation sites is 2. The minimum absolute atomic E-state index is 0.00865. The van der Waals surface area contributed by atoms with Crippen molar-refractivity contribution in [2.75, 3.05) is 6.54 Å². The van der Waals surface area contributed by atoms with Gasteiger partial charge in [0.15, 0.2) is 0 Å². The van der Waals surface area contributed by atoms with Gasteiger partial charge in [0.2, 0.25) is 0 Å². The van der Waals surface area contributed by atoms with Gasteiger partial charge in [0, 0.05) is 19.8 Å². The predicted molar refractivity (Wildman–Crippen MR) is 86.9 cm³/mol. The molecule has 0 spiro atoms. The number of benzene rings is 1. The molecule has 1 atom stereocenters. The third kappa shape index (κ3) is 2.50. The van der Waals surface area contributed by atoms with Crippen LogP contribution in [-0.2, 0) is 7.05 Å². The minimum Gasteiger partial charge on any atom is -0.340 e. The Morgan fingerprint density at radius 1 is 1.26 bits per heavy atom. The highest BCUT2D eigenvalue weighted by atomic mass is 16.2. The number of aromatic amines is 1. The normalized spacial score (nSPS) is 18.5. The molecule has 3 heterocycles. The molecule has 6 heteroatoms. The number of hydrogen-bond donors (Lipinski definition) is 1. The van der Waals surface area contributed by atoms with E-state index < -0.39 is 0 Å². The van der Waals surface area contributed by atoms with Crippen LogP contribution in [0.4, 0.5) is 0 Å². The lowest BCUT2D eigenvalue weighted by Gasteiger charge is -2.34. The number of imidazole rings is 1. The maximum Gasteiger partial charge on any atom is 0.274 e. The summed E-state index contributed by atoms with van der Waals surface area (Å²) in [5, 5.41) is 4.25. The highest BCUT2D eigenvalue weighted by Gasteiger charge is 2.31. The molecule has 1 aromatic carbocycles. The van der Waals surface area contributed by atoms with Crippen molar-refractivity contribution in [2.24, 2.45) is 7.05 Å². The van der Waals surface area contributed by atoms with Crippen LogP contribution in [0.25, 0.3) is 11.0 Å². The van der Waals surface area contributed by atoms with Gasteiger partial charge in [-0.25, -0.2) is 4.98 Å². The predicted octanol–water partition coefficient (Wildman–Crippen LogP) is 2.66. The average Bonchev–Trinajstić information content (AvgIpc) is 3.20. The van der Waals surface area contributed by atoms with Crippen molar-refractivity contribution in [3.63, 3.8) is 0 Å². The number of fused-ring (bicyclic) bond motifs is 1. The first-order valence-electron chi connectivity index (χ1n) is 7.97. The second-order valence-corrected chi connectivity index (χ2v) is 6.02. The van der Waals surface area contributed by atoms with Gasteiger partial charge in [-0.1, -0.05) is 12.1 Å². The monoisotopic (exact) mass is 309 g/mol. The van der Waals surface area contributed by atoms with E-state index in [4.69, 9.17) is 4.98 Å². The number of amides is 1. The standard InChI is InChI=1S/C17H19N5O/c1-21-11-9-14(20-21)17(23)22-10-5-4-8-15(22)16-18-12-6-2-3-7-13(12)19-16/h2-3,6-7,9,11,15H,4-5,8,10H2,1H3,(H,18,19)/t15-/m0/s1. The highest BCUT2D eigenvalue weighted by Crippen LogP contribution is 2.31. The van der Waals surface area contributed by atoms with Gasteiger partial charge in [-0.15, -0.1) is 0 Å². The van der Waals surface area contributed by atoms with Crippen LogP contribution in [-0.4, -0.2) is 37.1 Å². The summed E-state index contributed by atoms with van der Waals surface area (Å²) in [6, 6.07) is 9.73. The van der Waals surface area contributed by atoms with E-state index in [0.29, 0.717) is 5.69 Å². The van der Waals surface area contributed by atoms with Crippen LogP contribution in [0.1, 0.15) is 41.6 Å². The van der Waals surface area contributed by atoms with E-state index >= 15 is 0 Å². The lowest BCUT2D eigenvalue weighted by Crippen LogP contribution is -2.39. The molecule has 6 nitrogen and oxygen atoms in total. The number of aromatic nitrogens is 4.